The SMILES string of the molecule is CN=C(NCC1CN(C)CCN1C)N1CCC2(CCCC2)C1.I. The Hall–Kier alpha value is -0.0800. The number of nitrogens with zero attached hydrogens (tertiary/aromatic N) is 4. The molecule has 1 aliphatic carbocycles. The Morgan fingerprint density at radius 1 is 1.13 bits per heavy atom. The summed E-state index contributed by atoms with van der Waals surface area (Å²) in [5.41, 5.74) is 0.611. The van der Waals surface area contributed by atoms with Crippen LogP contribution in [0.4, 0.5) is 0 Å². The Morgan fingerprint density at radius 3 is 2.57 bits per heavy atom. The summed E-state index contributed by atoms with van der Waals surface area (Å²) in [4.78, 5) is 12.0. The predicted molar refractivity (Wildman–Crippen MR) is 108 cm³/mol. The van der Waals surface area contributed by atoms with E-state index >= 15 is 0 Å². The van der Waals surface area contributed by atoms with Gasteiger partial charge in [0.05, 0.1) is 0 Å². The lowest BCUT2D eigenvalue weighted by Gasteiger charge is -2.38. The first-order valence-corrected chi connectivity index (χ1v) is 8.96. The lowest BCUT2D eigenvalue weighted by atomic mass is 9.86. The smallest absolute Gasteiger partial charge is 0.193 e. The van der Waals surface area contributed by atoms with Gasteiger partial charge in [-0.2, -0.15) is 0 Å². The van der Waals surface area contributed by atoms with Gasteiger partial charge in [0.15, 0.2) is 5.96 Å². The molecule has 0 aromatic rings. The third kappa shape index (κ3) is 4.51. The normalized spacial score (nSPS) is 29.1. The van der Waals surface area contributed by atoms with Crippen LogP contribution in [-0.2, 0) is 0 Å². The van der Waals surface area contributed by atoms with Crippen molar-refractivity contribution in [3.63, 3.8) is 0 Å². The third-order valence-electron chi connectivity index (χ3n) is 6.09. The first-order valence-electron chi connectivity index (χ1n) is 8.96. The maximum atomic E-state index is 4.55. The zero-order valence-corrected chi connectivity index (χ0v) is 17.4. The van der Waals surface area contributed by atoms with Crippen LogP contribution in [0.15, 0.2) is 4.99 Å². The summed E-state index contributed by atoms with van der Waals surface area (Å²) in [6, 6.07) is 0.582. The Balaban J connectivity index is 0.00000192. The molecular formula is C17H34IN5. The average Bonchev–Trinajstić information content (AvgIpc) is 3.14. The monoisotopic (exact) mass is 435 g/mol. The molecule has 2 heterocycles. The molecule has 1 spiro atoms. The van der Waals surface area contributed by atoms with Crippen LogP contribution in [0.1, 0.15) is 32.1 Å². The molecule has 23 heavy (non-hydrogen) atoms. The van der Waals surface area contributed by atoms with E-state index in [0.717, 1.165) is 25.6 Å². The number of halogens is 1. The second kappa shape index (κ2) is 8.34. The fourth-order valence-electron chi connectivity index (χ4n) is 4.51. The van der Waals surface area contributed by atoms with Crippen LogP contribution in [0.2, 0.25) is 0 Å². The minimum Gasteiger partial charge on any atom is -0.355 e. The van der Waals surface area contributed by atoms with Gasteiger partial charge in [0.1, 0.15) is 0 Å². The lowest BCUT2D eigenvalue weighted by Crippen LogP contribution is -2.55. The lowest BCUT2D eigenvalue weighted by molar-refractivity contribution is 0.116. The zero-order valence-electron chi connectivity index (χ0n) is 15.1. The largest absolute Gasteiger partial charge is 0.355 e. The van der Waals surface area contributed by atoms with Crippen molar-refractivity contribution in [2.24, 2.45) is 10.4 Å². The molecule has 3 rings (SSSR count). The van der Waals surface area contributed by atoms with Gasteiger partial charge in [-0.25, -0.2) is 0 Å². The van der Waals surface area contributed by atoms with E-state index in [1.165, 1.54) is 51.7 Å². The third-order valence-corrected chi connectivity index (χ3v) is 6.09. The highest BCUT2D eigenvalue weighted by Gasteiger charge is 2.41. The molecule has 0 amide bonds. The van der Waals surface area contributed by atoms with E-state index < -0.39 is 0 Å². The van der Waals surface area contributed by atoms with Crippen LogP contribution in [0, 0.1) is 5.41 Å². The van der Waals surface area contributed by atoms with Gasteiger partial charge in [0.2, 0.25) is 0 Å². The number of guanidine groups is 1. The van der Waals surface area contributed by atoms with Crippen LogP contribution in [0.3, 0.4) is 0 Å². The molecule has 1 unspecified atom stereocenters. The van der Waals surface area contributed by atoms with E-state index in [0.29, 0.717) is 11.5 Å². The summed E-state index contributed by atoms with van der Waals surface area (Å²) in [6.07, 6.45) is 7.07. The van der Waals surface area contributed by atoms with Crippen molar-refractivity contribution in [3.8, 4) is 0 Å². The van der Waals surface area contributed by atoms with Crippen molar-refractivity contribution >= 4 is 29.9 Å². The second-order valence-corrected chi connectivity index (χ2v) is 7.70. The summed E-state index contributed by atoms with van der Waals surface area (Å²) < 4.78 is 0. The van der Waals surface area contributed by atoms with E-state index in [1.54, 1.807) is 0 Å². The van der Waals surface area contributed by atoms with Crippen LogP contribution in [0.25, 0.3) is 0 Å². The number of hydrogen-bond donors (Lipinski definition) is 1. The molecule has 2 aliphatic heterocycles. The van der Waals surface area contributed by atoms with Crippen LogP contribution < -0.4 is 5.32 Å². The zero-order chi connectivity index (χ0) is 15.6. The van der Waals surface area contributed by atoms with Gasteiger partial charge >= 0.3 is 0 Å². The Labute approximate surface area is 158 Å². The molecule has 1 saturated carbocycles. The average molecular weight is 435 g/mol. The quantitative estimate of drug-likeness (QED) is 0.407. The van der Waals surface area contributed by atoms with E-state index in [1.807, 2.05) is 7.05 Å². The van der Waals surface area contributed by atoms with Gasteiger partial charge in [-0.1, -0.05) is 12.8 Å². The van der Waals surface area contributed by atoms with Crippen LogP contribution in [-0.4, -0.2) is 87.1 Å². The number of likely N-dealkylation sites (N-methyl/N-ethyl adjacent to an activating group) is 2. The van der Waals surface area contributed by atoms with E-state index in [2.05, 4.69) is 39.1 Å². The van der Waals surface area contributed by atoms with Crippen LogP contribution in [0.5, 0.6) is 0 Å². The van der Waals surface area contributed by atoms with Crippen molar-refractivity contribution in [2.75, 3.05) is 60.4 Å². The van der Waals surface area contributed by atoms with Gasteiger partial charge in [0, 0.05) is 52.4 Å². The number of likely N-dealkylation sites (tertiary alicyclic amines) is 1. The molecule has 2 saturated heterocycles. The number of nitrogens with one attached hydrogen (secondary N) is 1. The molecule has 0 radical (unpaired) electrons. The van der Waals surface area contributed by atoms with Gasteiger partial charge in [-0.3, -0.25) is 9.89 Å². The molecule has 6 heteroatoms. The van der Waals surface area contributed by atoms with E-state index in [4.69, 9.17) is 0 Å². The minimum absolute atomic E-state index is 0. The van der Waals surface area contributed by atoms with E-state index in [9.17, 15) is 0 Å². The molecule has 1 atom stereocenters. The fraction of sp³-hybridized carbons (Fsp3) is 0.941. The van der Waals surface area contributed by atoms with Crippen molar-refractivity contribution in [1.82, 2.24) is 20.0 Å². The number of hydrogen-bond acceptors (Lipinski definition) is 3. The molecule has 3 fully saturated rings. The maximum Gasteiger partial charge on any atom is 0.193 e. The summed E-state index contributed by atoms with van der Waals surface area (Å²) in [5, 5.41) is 3.65. The number of aliphatic imine (C=N–C) groups is 1. The first kappa shape index (κ1) is 19.2. The van der Waals surface area contributed by atoms with E-state index in [-0.39, 0.29) is 24.0 Å². The Bertz CT molecular complexity index is 408. The fourth-order valence-corrected chi connectivity index (χ4v) is 4.51. The van der Waals surface area contributed by atoms with Crippen molar-refractivity contribution < 1.29 is 0 Å². The number of rotatable bonds is 2. The van der Waals surface area contributed by atoms with Crippen molar-refractivity contribution in [3.05, 3.63) is 0 Å². The summed E-state index contributed by atoms with van der Waals surface area (Å²) in [6.45, 7) is 6.87. The molecule has 1 N–H and O–H groups in total. The van der Waals surface area contributed by atoms with Crippen molar-refractivity contribution in [2.45, 2.75) is 38.1 Å². The summed E-state index contributed by atoms with van der Waals surface area (Å²) >= 11 is 0. The maximum absolute atomic E-state index is 4.55. The Morgan fingerprint density at radius 2 is 1.87 bits per heavy atom. The van der Waals surface area contributed by atoms with Crippen molar-refractivity contribution in [1.29, 1.82) is 0 Å². The summed E-state index contributed by atoms with van der Waals surface area (Å²) in [7, 11) is 6.39. The molecular weight excluding hydrogens is 401 g/mol. The second-order valence-electron chi connectivity index (χ2n) is 7.70. The predicted octanol–water partition coefficient (Wildman–Crippen LogP) is 1.69. The summed E-state index contributed by atoms with van der Waals surface area (Å²) in [5.74, 6) is 1.12. The highest BCUT2D eigenvalue weighted by Crippen LogP contribution is 2.45. The molecule has 3 aliphatic rings. The Kier molecular flexibility index (Phi) is 6.98. The minimum atomic E-state index is 0. The topological polar surface area (TPSA) is 34.1 Å². The molecule has 5 nitrogen and oxygen atoms in total. The van der Waals surface area contributed by atoms with Gasteiger partial charge in [-0.05, 0) is 38.8 Å². The molecule has 0 aromatic heterocycles. The van der Waals surface area contributed by atoms with Crippen LogP contribution >= 0.6 is 24.0 Å². The van der Waals surface area contributed by atoms with Gasteiger partial charge < -0.3 is 15.1 Å². The molecule has 0 bridgehead atoms. The highest BCUT2D eigenvalue weighted by molar-refractivity contribution is 14.0. The number of piperazine rings is 1. The molecule has 0 aromatic carbocycles. The first-order chi connectivity index (χ1) is 10.6. The van der Waals surface area contributed by atoms with Gasteiger partial charge in [0.25, 0.3) is 0 Å². The van der Waals surface area contributed by atoms with Gasteiger partial charge in [-0.15, -0.1) is 24.0 Å². The standard InChI is InChI=1S/C17H33N5.HI/c1-18-16(19-12-15-13-20(2)10-11-21(15)3)22-9-8-17(14-22)6-4-5-7-17;/h15H,4-14H2,1-3H3,(H,18,19);1H. The molecule has 134 valence electrons. The highest BCUT2D eigenvalue weighted by atomic mass is 127.